The van der Waals surface area contributed by atoms with E-state index in [2.05, 4.69) is 45.2 Å². The van der Waals surface area contributed by atoms with Crippen molar-refractivity contribution < 1.29 is 4.74 Å². The molecule has 1 aliphatic heterocycles. The van der Waals surface area contributed by atoms with Crippen LogP contribution in [0.5, 0.6) is 5.75 Å². The van der Waals surface area contributed by atoms with Gasteiger partial charge in [-0.1, -0.05) is 11.3 Å². The van der Waals surface area contributed by atoms with Gasteiger partial charge in [-0.3, -0.25) is 0 Å². The van der Waals surface area contributed by atoms with Gasteiger partial charge in [0, 0.05) is 30.4 Å². The third kappa shape index (κ3) is 3.09. The van der Waals surface area contributed by atoms with Gasteiger partial charge in [0.25, 0.3) is 0 Å². The van der Waals surface area contributed by atoms with Crippen LogP contribution in [0.1, 0.15) is 25.7 Å². The topological polar surface area (TPSA) is 78.0 Å². The first-order valence-electron chi connectivity index (χ1n) is 10.3. The van der Waals surface area contributed by atoms with Crippen molar-refractivity contribution in [3.05, 3.63) is 30.3 Å². The summed E-state index contributed by atoms with van der Waals surface area (Å²) in [5.41, 5.74) is 11.1. The molecule has 4 aromatic rings. The number of aromatic nitrogens is 3. The number of ether oxygens (including phenoxy) is 1. The van der Waals surface area contributed by atoms with E-state index in [9.17, 15) is 0 Å². The Hall–Kier alpha value is -2.80. The van der Waals surface area contributed by atoms with Gasteiger partial charge in [-0.05, 0) is 55.9 Å². The summed E-state index contributed by atoms with van der Waals surface area (Å²) < 4.78 is 9.57. The van der Waals surface area contributed by atoms with E-state index in [1.165, 1.54) is 24.2 Å². The predicted molar refractivity (Wildman–Crippen MR) is 119 cm³/mol. The van der Waals surface area contributed by atoms with Crippen LogP contribution >= 0.6 is 11.3 Å². The van der Waals surface area contributed by atoms with Gasteiger partial charge >= 0.3 is 0 Å². The van der Waals surface area contributed by atoms with E-state index in [1.54, 1.807) is 0 Å². The van der Waals surface area contributed by atoms with E-state index in [0.29, 0.717) is 5.13 Å². The molecule has 6 nitrogen and oxygen atoms in total. The SMILES string of the molecule is Nc1nc2cc(-c3nc4cc(NCC5CC5)cc5c4n3CCCCO5)ccc2s1. The molecule has 0 spiro atoms. The van der Waals surface area contributed by atoms with Crippen LogP contribution in [0.4, 0.5) is 10.8 Å². The molecular weight excluding hydrogens is 382 g/mol. The van der Waals surface area contributed by atoms with Crippen molar-refractivity contribution in [1.82, 2.24) is 14.5 Å². The summed E-state index contributed by atoms with van der Waals surface area (Å²) in [4.78, 5) is 9.50. The third-order valence-electron chi connectivity index (χ3n) is 5.79. The zero-order valence-corrected chi connectivity index (χ0v) is 17.0. The molecular formula is C22H23N5OS. The average molecular weight is 406 g/mol. The number of imidazole rings is 1. The first-order chi connectivity index (χ1) is 14.2. The molecule has 0 bridgehead atoms. The van der Waals surface area contributed by atoms with Crippen molar-refractivity contribution in [2.75, 3.05) is 24.2 Å². The Balaban J connectivity index is 1.50. The standard InChI is InChI=1S/C22H23N5OS/c23-22-26-16-9-14(5-6-19(16)29-22)21-25-17-10-15(24-12-13-3-4-13)11-18-20(17)27(21)7-1-2-8-28-18/h5-6,9-11,13,24H,1-4,7-8,12H2,(H2,23,26). The van der Waals surface area contributed by atoms with Gasteiger partial charge in [0.15, 0.2) is 5.13 Å². The van der Waals surface area contributed by atoms with E-state index in [-0.39, 0.29) is 0 Å². The lowest BCUT2D eigenvalue weighted by atomic mass is 10.2. The highest BCUT2D eigenvalue weighted by molar-refractivity contribution is 7.22. The molecule has 1 fully saturated rings. The molecule has 3 heterocycles. The van der Waals surface area contributed by atoms with E-state index >= 15 is 0 Å². The highest BCUT2D eigenvalue weighted by atomic mass is 32.1. The zero-order valence-electron chi connectivity index (χ0n) is 16.1. The van der Waals surface area contributed by atoms with Crippen LogP contribution < -0.4 is 15.8 Å². The van der Waals surface area contributed by atoms with Gasteiger partial charge in [0.2, 0.25) is 0 Å². The highest BCUT2D eigenvalue weighted by Crippen LogP contribution is 2.37. The largest absolute Gasteiger partial charge is 0.491 e. The number of fused-ring (bicyclic) bond motifs is 1. The summed E-state index contributed by atoms with van der Waals surface area (Å²) in [6, 6.07) is 10.6. The van der Waals surface area contributed by atoms with Crippen molar-refractivity contribution in [3.63, 3.8) is 0 Å². The quantitative estimate of drug-likeness (QED) is 0.505. The molecule has 2 aromatic heterocycles. The molecule has 2 aromatic carbocycles. The maximum absolute atomic E-state index is 6.16. The van der Waals surface area contributed by atoms with Crippen LogP contribution in [0.2, 0.25) is 0 Å². The summed E-state index contributed by atoms with van der Waals surface area (Å²) >= 11 is 1.52. The van der Waals surface area contributed by atoms with Crippen molar-refractivity contribution in [1.29, 1.82) is 0 Å². The van der Waals surface area contributed by atoms with Crippen molar-refractivity contribution in [2.24, 2.45) is 5.92 Å². The molecule has 0 unspecified atom stereocenters. The lowest BCUT2D eigenvalue weighted by molar-refractivity contribution is 0.299. The fraction of sp³-hybridized carbons (Fsp3) is 0.364. The van der Waals surface area contributed by atoms with Crippen molar-refractivity contribution >= 4 is 43.4 Å². The van der Waals surface area contributed by atoms with Crippen molar-refractivity contribution in [2.45, 2.75) is 32.2 Å². The normalized spacial score (nSPS) is 16.6. The first kappa shape index (κ1) is 17.1. The van der Waals surface area contributed by atoms with Crippen LogP contribution in [0.3, 0.4) is 0 Å². The number of nitrogens with one attached hydrogen (secondary N) is 1. The number of thiazole rings is 1. The number of aryl methyl sites for hydroxylation is 1. The van der Waals surface area contributed by atoms with Crippen LogP contribution in [0.15, 0.2) is 30.3 Å². The Kier molecular flexibility index (Phi) is 3.90. The molecule has 29 heavy (non-hydrogen) atoms. The Morgan fingerprint density at radius 1 is 1.14 bits per heavy atom. The summed E-state index contributed by atoms with van der Waals surface area (Å²) in [6.45, 7) is 2.72. The van der Waals surface area contributed by atoms with E-state index < -0.39 is 0 Å². The summed E-state index contributed by atoms with van der Waals surface area (Å²) in [6.07, 6.45) is 4.79. The Morgan fingerprint density at radius 3 is 2.97 bits per heavy atom. The number of benzene rings is 2. The number of rotatable bonds is 4. The Morgan fingerprint density at radius 2 is 2.07 bits per heavy atom. The fourth-order valence-electron chi connectivity index (χ4n) is 4.10. The van der Waals surface area contributed by atoms with Crippen LogP contribution in [0, 0.1) is 5.92 Å². The Labute approximate surface area is 172 Å². The maximum Gasteiger partial charge on any atom is 0.181 e. The molecule has 3 N–H and O–H groups in total. The zero-order chi connectivity index (χ0) is 19.4. The minimum Gasteiger partial charge on any atom is -0.491 e. The molecule has 0 amide bonds. The molecule has 2 aliphatic rings. The molecule has 0 saturated heterocycles. The average Bonchev–Trinajstić information content (AvgIpc) is 3.34. The second kappa shape index (κ2) is 6.62. The second-order valence-corrected chi connectivity index (χ2v) is 9.11. The fourth-order valence-corrected chi connectivity index (χ4v) is 4.82. The van der Waals surface area contributed by atoms with E-state index in [0.717, 1.165) is 82.5 Å². The minimum absolute atomic E-state index is 0.599. The number of nitrogens with two attached hydrogens (primary N) is 1. The summed E-state index contributed by atoms with van der Waals surface area (Å²) in [7, 11) is 0. The Bertz CT molecular complexity index is 1220. The molecule has 7 heteroatoms. The first-order valence-corrected chi connectivity index (χ1v) is 11.1. The monoisotopic (exact) mass is 405 g/mol. The molecule has 1 saturated carbocycles. The summed E-state index contributed by atoms with van der Waals surface area (Å²) in [5, 5.41) is 4.18. The second-order valence-electron chi connectivity index (χ2n) is 8.04. The number of nitrogens with zero attached hydrogens (tertiary/aromatic N) is 3. The number of hydrogen-bond donors (Lipinski definition) is 2. The highest BCUT2D eigenvalue weighted by Gasteiger charge is 2.22. The lowest BCUT2D eigenvalue weighted by Crippen LogP contribution is -2.09. The van der Waals surface area contributed by atoms with Crippen LogP contribution in [-0.4, -0.2) is 27.7 Å². The lowest BCUT2D eigenvalue weighted by Gasteiger charge is -2.17. The van der Waals surface area contributed by atoms with Gasteiger partial charge in [-0.15, -0.1) is 0 Å². The smallest absolute Gasteiger partial charge is 0.181 e. The molecule has 6 rings (SSSR count). The third-order valence-corrected chi connectivity index (χ3v) is 6.66. The molecule has 148 valence electrons. The number of nitrogen functional groups attached to an aromatic ring is 1. The van der Waals surface area contributed by atoms with E-state index in [4.69, 9.17) is 15.5 Å². The van der Waals surface area contributed by atoms with Crippen LogP contribution in [0.25, 0.3) is 32.6 Å². The number of hydrogen-bond acceptors (Lipinski definition) is 6. The molecule has 0 radical (unpaired) electrons. The van der Waals surface area contributed by atoms with Gasteiger partial charge in [-0.2, -0.15) is 0 Å². The predicted octanol–water partition coefficient (Wildman–Crippen LogP) is 4.89. The van der Waals surface area contributed by atoms with Crippen molar-refractivity contribution in [3.8, 4) is 17.1 Å². The number of anilines is 2. The molecule has 1 aliphatic carbocycles. The van der Waals surface area contributed by atoms with Gasteiger partial charge in [0.1, 0.15) is 17.1 Å². The van der Waals surface area contributed by atoms with Gasteiger partial charge in [0.05, 0.1) is 22.3 Å². The summed E-state index contributed by atoms with van der Waals surface area (Å²) in [5.74, 6) is 2.72. The minimum atomic E-state index is 0.599. The maximum atomic E-state index is 6.16. The van der Waals surface area contributed by atoms with E-state index in [1.807, 2.05) is 0 Å². The van der Waals surface area contributed by atoms with Gasteiger partial charge in [-0.25, -0.2) is 9.97 Å². The van der Waals surface area contributed by atoms with Crippen LogP contribution in [-0.2, 0) is 6.54 Å². The van der Waals surface area contributed by atoms with Gasteiger partial charge < -0.3 is 20.4 Å². The molecule has 0 atom stereocenters.